The van der Waals surface area contributed by atoms with E-state index in [1.807, 2.05) is 0 Å². The minimum atomic E-state index is 0.228. The molecule has 166 valence electrons. The Labute approximate surface area is 186 Å². The van der Waals surface area contributed by atoms with E-state index in [1.165, 1.54) is 43.4 Å². The quantitative estimate of drug-likeness (QED) is 0.659. The van der Waals surface area contributed by atoms with E-state index in [0.717, 1.165) is 56.8 Å². The topological polar surface area (TPSA) is 41.4 Å². The molecule has 5 rings (SSSR count). The van der Waals surface area contributed by atoms with E-state index in [4.69, 9.17) is 5.10 Å². The maximum Gasteiger partial charge on any atom is 0.226 e. The van der Waals surface area contributed by atoms with Crippen LogP contribution in [0, 0.1) is 11.8 Å². The van der Waals surface area contributed by atoms with Crippen molar-refractivity contribution in [2.45, 2.75) is 71.4 Å². The van der Waals surface area contributed by atoms with Crippen molar-refractivity contribution in [3.63, 3.8) is 0 Å². The first-order chi connectivity index (χ1) is 15.2. The molecular formula is C26H36N4O. The molecule has 2 fully saturated rings. The van der Waals surface area contributed by atoms with Gasteiger partial charge in [-0.25, -0.2) is 4.68 Å². The molecule has 2 heterocycles. The molecule has 5 nitrogen and oxygen atoms in total. The molecule has 2 saturated carbocycles. The van der Waals surface area contributed by atoms with E-state index in [9.17, 15) is 4.79 Å². The van der Waals surface area contributed by atoms with Gasteiger partial charge in [-0.05, 0) is 50.3 Å². The zero-order valence-electron chi connectivity index (χ0n) is 18.9. The molecule has 3 aliphatic rings. The van der Waals surface area contributed by atoms with Gasteiger partial charge in [0.25, 0.3) is 0 Å². The van der Waals surface area contributed by atoms with Crippen molar-refractivity contribution in [1.82, 2.24) is 19.6 Å². The van der Waals surface area contributed by atoms with Crippen LogP contribution in [0.3, 0.4) is 0 Å². The van der Waals surface area contributed by atoms with Crippen LogP contribution in [0.25, 0.3) is 5.69 Å². The molecule has 0 atom stereocenters. The molecule has 1 amide bonds. The monoisotopic (exact) mass is 420 g/mol. The van der Waals surface area contributed by atoms with Gasteiger partial charge in [-0.3, -0.25) is 9.69 Å². The number of amides is 1. The molecule has 1 aromatic carbocycles. The van der Waals surface area contributed by atoms with E-state index >= 15 is 0 Å². The molecule has 0 spiro atoms. The number of aromatic nitrogens is 2. The molecule has 0 radical (unpaired) electrons. The van der Waals surface area contributed by atoms with E-state index in [0.29, 0.717) is 18.4 Å². The van der Waals surface area contributed by atoms with E-state index in [1.54, 1.807) is 0 Å². The van der Waals surface area contributed by atoms with Crippen molar-refractivity contribution in [3.05, 3.63) is 47.3 Å². The lowest BCUT2D eigenvalue weighted by Gasteiger charge is -2.30. The van der Waals surface area contributed by atoms with Gasteiger partial charge in [-0.2, -0.15) is 5.10 Å². The number of fused-ring (bicyclic) bond motifs is 1. The van der Waals surface area contributed by atoms with Crippen molar-refractivity contribution in [1.29, 1.82) is 0 Å². The van der Waals surface area contributed by atoms with Crippen molar-refractivity contribution >= 4 is 5.91 Å². The first-order valence-electron chi connectivity index (χ1n) is 12.4. The summed E-state index contributed by atoms with van der Waals surface area (Å²) >= 11 is 0. The number of carbonyl (C=O) groups excluding carboxylic acids is 1. The fourth-order valence-corrected chi connectivity index (χ4v) is 5.35. The van der Waals surface area contributed by atoms with Gasteiger partial charge < -0.3 is 4.90 Å². The summed E-state index contributed by atoms with van der Waals surface area (Å²) in [5.74, 6) is 1.32. The number of benzene rings is 1. The summed E-state index contributed by atoms with van der Waals surface area (Å²) in [5, 5.41) is 5.12. The van der Waals surface area contributed by atoms with E-state index in [2.05, 4.69) is 51.7 Å². The van der Waals surface area contributed by atoms with Crippen molar-refractivity contribution in [2.75, 3.05) is 19.6 Å². The number of hydrogen-bond acceptors (Lipinski definition) is 3. The van der Waals surface area contributed by atoms with Crippen LogP contribution in [0.5, 0.6) is 0 Å². The molecule has 0 N–H and O–H groups in total. The Bertz CT molecular complexity index is 896. The minimum Gasteiger partial charge on any atom is -0.336 e. The molecule has 1 aliphatic heterocycles. The van der Waals surface area contributed by atoms with Gasteiger partial charge in [0, 0.05) is 37.5 Å². The average Bonchev–Trinajstić information content (AvgIpc) is 3.58. The van der Waals surface area contributed by atoms with Gasteiger partial charge in [-0.15, -0.1) is 0 Å². The second kappa shape index (κ2) is 9.15. The fraction of sp³-hybridized carbons (Fsp3) is 0.615. The van der Waals surface area contributed by atoms with Crippen LogP contribution >= 0.6 is 0 Å². The van der Waals surface area contributed by atoms with Gasteiger partial charge in [0.2, 0.25) is 5.91 Å². The third kappa shape index (κ3) is 4.57. The Morgan fingerprint density at radius 2 is 1.87 bits per heavy atom. The molecule has 0 bridgehead atoms. The van der Waals surface area contributed by atoms with E-state index in [-0.39, 0.29) is 5.92 Å². The molecule has 2 aliphatic carbocycles. The normalized spacial score (nSPS) is 19.9. The van der Waals surface area contributed by atoms with Crippen LogP contribution in [-0.2, 0) is 24.3 Å². The zero-order chi connectivity index (χ0) is 21.2. The highest BCUT2D eigenvalue weighted by Crippen LogP contribution is 2.34. The third-order valence-electron chi connectivity index (χ3n) is 7.45. The summed E-state index contributed by atoms with van der Waals surface area (Å²) < 4.78 is 2.15. The van der Waals surface area contributed by atoms with Crippen LogP contribution in [-0.4, -0.2) is 45.1 Å². The van der Waals surface area contributed by atoms with Crippen molar-refractivity contribution in [3.8, 4) is 5.69 Å². The van der Waals surface area contributed by atoms with Gasteiger partial charge >= 0.3 is 0 Å². The summed E-state index contributed by atoms with van der Waals surface area (Å²) in [6, 6.07) is 10.5. The highest BCUT2D eigenvalue weighted by atomic mass is 16.2. The lowest BCUT2D eigenvalue weighted by molar-refractivity contribution is -0.137. The van der Waals surface area contributed by atoms with Crippen molar-refractivity contribution in [2.24, 2.45) is 11.8 Å². The van der Waals surface area contributed by atoms with Gasteiger partial charge in [-0.1, -0.05) is 44.4 Å². The number of rotatable bonds is 7. The summed E-state index contributed by atoms with van der Waals surface area (Å²) in [6.45, 7) is 6.91. The molecule has 2 aromatic rings. The van der Waals surface area contributed by atoms with E-state index < -0.39 is 0 Å². The maximum absolute atomic E-state index is 13.5. The Morgan fingerprint density at radius 1 is 1.10 bits per heavy atom. The SMILES string of the molecule is CCN1CCc2c(c(CN(CC3CC3)C(=O)C3CCCCC3)nn2-c2ccccc2)C1. The maximum atomic E-state index is 13.5. The van der Waals surface area contributed by atoms with Crippen LogP contribution in [0.15, 0.2) is 30.3 Å². The Balaban J connectivity index is 1.45. The van der Waals surface area contributed by atoms with Crippen LogP contribution < -0.4 is 0 Å². The van der Waals surface area contributed by atoms with Crippen molar-refractivity contribution < 1.29 is 4.79 Å². The standard InChI is InChI=1S/C26H36N4O/c1-2-28-16-15-25-23(18-28)24(27-30(25)22-11-7-4-8-12-22)19-29(17-20-13-14-20)26(31)21-9-5-3-6-10-21/h4,7-8,11-12,20-21H,2-3,5-6,9-10,13-19H2,1H3. The minimum absolute atomic E-state index is 0.228. The summed E-state index contributed by atoms with van der Waals surface area (Å²) in [5.41, 5.74) is 4.93. The number of hydrogen-bond donors (Lipinski definition) is 0. The lowest BCUT2D eigenvalue weighted by Crippen LogP contribution is -2.38. The molecule has 0 saturated heterocycles. The van der Waals surface area contributed by atoms with Crippen LogP contribution in [0.1, 0.15) is 68.8 Å². The van der Waals surface area contributed by atoms with Crippen LogP contribution in [0.2, 0.25) is 0 Å². The first kappa shape index (κ1) is 20.7. The molecule has 5 heteroatoms. The summed E-state index contributed by atoms with van der Waals surface area (Å²) in [6.07, 6.45) is 9.40. The second-order valence-corrected chi connectivity index (χ2v) is 9.74. The second-order valence-electron chi connectivity index (χ2n) is 9.74. The number of likely N-dealkylation sites (N-methyl/N-ethyl adjacent to an activating group) is 1. The molecular weight excluding hydrogens is 384 g/mol. The largest absolute Gasteiger partial charge is 0.336 e. The molecule has 1 aromatic heterocycles. The average molecular weight is 421 g/mol. The summed E-state index contributed by atoms with van der Waals surface area (Å²) in [7, 11) is 0. The van der Waals surface area contributed by atoms with Gasteiger partial charge in [0.15, 0.2) is 0 Å². The first-order valence-corrected chi connectivity index (χ1v) is 12.4. The van der Waals surface area contributed by atoms with Gasteiger partial charge in [0.1, 0.15) is 0 Å². The Morgan fingerprint density at radius 3 is 2.58 bits per heavy atom. The Kier molecular flexibility index (Phi) is 6.13. The third-order valence-corrected chi connectivity index (χ3v) is 7.45. The molecule has 31 heavy (non-hydrogen) atoms. The summed E-state index contributed by atoms with van der Waals surface area (Å²) in [4.78, 5) is 18.2. The molecule has 0 unspecified atom stereocenters. The lowest BCUT2D eigenvalue weighted by atomic mass is 9.88. The smallest absolute Gasteiger partial charge is 0.226 e. The zero-order valence-corrected chi connectivity index (χ0v) is 18.9. The van der Waals surface area contributed by atoms with Gasteiger partial charge in [0.05, 0.1) is 23.6 Å². The fourth-order valence-electron chi connectivity index (χ4n) is 5.35. The predicted molar refractivity (Wildman–Crippen MR) is 123 cm³/mol. The number of nitrogens with zero attached hydrogens (tertiary/aromatic N) is 4. The number of carbonyl (C=O) groups is 1. The number of para-hydroxylation sites is 1. The Hall–Kier alpha value is -2.14. The highest BCUT2D eigenvalue weighted by Gasteiger charge is 2.33. The highest BCUT2D eigenvalue weighted by molar-refractivity contribution is 5.79. The van der Waals surface area contributed by atoms with Crippen LogP contribution in [0.4, 0.5) is 0 Å². The predicted octanol–water partition coefficient (Wildman–Crippen LogP) is 4.57.